The molecule has 0 unspecified atom stereocenters. The molecule has 148 valence electrons. The fraction of sp³-hybridized carbons (Fsp3) is 0.524. The molecule has 0 saturated carbocycles. The summed E-state index contributed by atoms with van der Waals surface area (Å²) in [6.07, 6.45) is -0.441. The number of rotatable bonds is 4. The van der Waals surface area contributed by atoms with Crippen LogP contribution in [-0.2, 0) is 22.1 Å². The lowest BCUT2D eigenvalue weighted by atomic mass is 9.78. The van der Waals surface area contributed by atoms with Crippen LogP contribution in [0.3, 0.4) is 0 Å². The standard InChI is InChI=1S/C21H30N2O3S/c1-8-26-19(25)22-11-17-23-16(12-27-17)13-9-14(20(2,3)4)18(24)15(10-13)21(5,6)7/h9-10,12,24H,8,11H2,1-7H3,(H,22,25). The van der Waals surface area contributed by atoms with Crippen molar-refractivity contribution in [3.8, 4) is 17.0 Å². The summed E-state index contributed by atoms with van der Waals surface area (Å²) in [4.78, 5) is 16.1. The van der Waals surface area contributed by atoms with Gasteiger partial charge in [0.1, 0.15) is 10.8 Å². The van der Waals surface area contributed by atoms with Crippen LogP contribution < -0.4 is 5.32 Å². The summed E-state index contributed by atoms with van der Waals surface area (Å²) in [6.45, 7) is 15.0. The first kappa shape index (κ1) is 21.2. The number of phenols is 1. The number of carbonyl (C=O) groups is 1. The highest BCUT2D eigenvalue weighted by Crippen LogP contribution is 2.42. The molecule has 6 heteroatoms. The van der Waals surface area contributed by atoms with Crippen molar-refractivity contribution in [1.82, 2.24) is 10.3 Å². The molecule has 2 aromatic rings. The number of thiazole rings is 1. The van der Waals surface area contributed by atoms with E-state index in [-0.39, 0.29) is 10.8 Å². The molecule has 0 aliphatic heterocycles. The van der Waals surface area contributed by atoms with Gasteiger partial charge in [0.05, 0.1) is 18.8 Å². The van der Waals surface area contributed by atoms with Gasteiger partial charge in [0.2, 0.25) is 0 Å². The maximum atomic E-state index is 11.5. The summed E-state index contributed by atoms with van der Waals surface area (Å²) >= 11 is 1.49. The van der Waals surface area contributed by atoms with Gasteiger partial charge in [-0.05, 0) is 29.9 Å². The molecule has 1 aromatic heterocycles. The number of benzene rings is 1. The summed E-state index contributed by atoms with van der Waals surface area (Å²) in [5.41, 5.74) is 3.25. The van der Waals surface area contributed by atoms with Crippen molar-refractivity contribution in [3.63, 3.8) is 0 Å². The largest absolute Gasteiger partial charge is 0.507 e. The van der Waals surface area contributed by atoms with Crippen molar-refractivity contribution in [2.45, 2.75) is 65.8 Å². The minimum Gasteiger partial charge on any atom is -0.507 e. The molecule has 27 heavy (non-hydrogen) atoms. The number of ether oxygens (including phenoxy) is 1. The van der Waals surface area contributed by atoms with Crippen LogP contribution in [0.1, 0.15) is 64.6 Å². The maximum absolute atomic E-state index is 11.5. The third-order valence-electron chi connectivity index (χ3n) is 4.23. The van der Waals surface area contributed by atoms with E-state index in [1.165, 1.54) is 11.3 Å². The Morgan fingerprint density at radius 3 is 2.19 bits per heavy atom. The monoisotopic (exact) mass is 390 g/mol. The first-order chi connectivity index (χ1) is 12.4. The van der Waals surface area contributed by atoms with Gasteiger partial charge < -0.3 is 15.2 Å². The van der Waals surface area contributed by atoms with E-state index in [2.05, 4.69) is 51.8 Å². The first-order valence-electron chi connectivity index (χ1n) is 9.17. The van der Waals surface area contributed by atoms with Crippen molar-refractivity contribution in [2.75, 3.05) is 6.61 Å². The SMILES string of the molecule is CCOC(=O)NCc1nc(-c2cc(C(C)(C)C)c(O)c(C(C)(C)C)c2)cs1. The normalized spacial score (nSPS) is 12.1. The smallest absolute Gasteiger partial charge is 0.407 e. The average Bonchev–Trinajstić information content (AvgIpc) is 3.00. The Labute approximate surface area is 165 Å². The molecule has 0 fully saturated rings. The lowest BCUT2D eigenvalue weighted by Gasteiger charge is -2.28. The van der Waals surface area contributed by atoms with Crippen molar-refractivity contribution in [2.24, 2.45) is 0 Å². The number of nitrogens with zero attached hydrogens (tertiary/aromatic N) is 1. The van der Waals surface area contributed by atoms with Gasteiger partial charge in [-0.15, -0.1) is 11.3 Å². The van der Waals surface area contributed by atoms with E-state index < -0.39 is 6.09 Å². The van der Waals surface area contributed by atoms with Gasteiger partial charge in [0, 0.05) is 22.1 Å². The Balaban J connectivity index is 2.40. The van der Waals surface area contributed by atoms with Crippen LogP contribution in [0.4, 0.5) is 4.79 Å². The summed E-state index contributed by atoms with van der Waals surface area (Å²) in [5.74, 6) is 0.359. The highest BCUT2D eigenvalue weighted by molar-refractivity contribution is 7.09. The van der Waals surface area contributed by atoms with E-state index in [0.717, 1.165) is 27.4 Å². The number of aromatic nitrogens is 1. The molecule has 0 atom stereocenters. The number of hydrogen-bond acceptors (Lipinski definition) is 5. The number of amides is 1. The Morgan fingerprint density at radius 1 is 1.15 bits per heavy atom. The molecule has 2 rings (SSSR count). The van der Waals surface area contributed by atoms with Crippen molar-refractivity contribution in [3.05, 3.63) is 33.6 Å². The van der Waals surface area contributed by atoms with Crippen molar-refractivity contribution in [1.29, 1.82) is 0 Å². The van der Waals surface area contributed by atoms with Crippen molar-refractivity contribution < 1.29 is 14.6 Å². The Kier molecular flexibility index (Phi) is 6.20. The number of phenolic OH excluding ortho intramolecular Hbond substituents is 1. The third kappa shape index (κ3) is 5.22. The van der Waals surface area contributed by atoms with Gasteiger partial charge in [-0.1, -0.05) is 41.5 Å². The van der Waals surface area contributed by atoms with Crippen LogP contribution in [0.5, 0.6) is 5.75 Å². The lowest BCUT2D eigenvalue weighted by Crippen LogP contribution is -2.23. The molecule has 0 bridgehead atoms. The minimum absolute atomic E-state index is 0.190. The quantitative estimate of drug-likeness (QED) is 0.737. The molecule has 0 aliphatic rings. The summed E-state index contributed by atoms with van der Waals surface area (Å²) in [7, 11) is 0. The zero-order chi connectivity index (χ0) is 20.4. The molecule has 0 radical (unpaired) electrons. The highest BCUT2D eigenvalue weighted by Gasteiger charge is 2.27. The van der Waals surface area contributed by atoms with Crippen LogP contribution >= 0.6 is 11.3 Å². The van der Waals surface area contributed by atoms with Crippen molar-refractivity contribution >= 4 is 17.4 Å². The van der Waals surface area contributed by atoms with Gasteiger partial charge in [-0.25, -0.2) is 9.78 Å². The Hall–Kier alpha value is -2.08. The van der Waals surface area contributed by atoms with E-state index in [9.17, 15) is 9.90 Å². The zero-order valence-electron chi connectivity index (χ0n) is 17.3. The average molecular weight is 391 g/mol. The molecule has 1 amide bonds. The molecule has 0 aliphatic carbocycles. The molecule has 5 nitrogen and oxygen atoms in total. The number of nitrogens with one attached hydrogen (secondary N) is 1. The van der Waals surface area contributed by atoms with Crippen LogP contribution in [0.2, 0.25) is 0 Å². The summed E-state index contributed by atoms with van der Waals surface area (Å²) in [6, 6.07) is 4.03. The predicted molar refractivity (Wildman–Crippen MR) is 110 cm³/mol. The van der Waals surface area contributed by atoms with Gasteiger partial charge >= 0.3 is 6.09 Å². The number of aromatic hydroxyl groups is 1. The summed E-state index contributed by atoms with van der Waals surface area (Å²) < 4.78 is 4.87. The van der Waals surface area contributed by atoms with Gasteiger partial charge in [0.25, 0.3) is 0 Å². The zero-order valence-corrected chi connectivity index (χ0v) is 18.1. The third-order valence-corrected chi connectivity index (χ3v) is 5.08. The fourth-order valence-electron chi connectivity index (χ4n) is 2.78. The van der Waals surface area contributed by atoms with Crippen LogP contribution in [0, 0.1) is 0 Å². The van der Waals surface area contributed by atoms with E-state index in [1.54, 1.807) is 6.92 Å². The van der Waals surface area contributed by atoms with Gasteiger partial charge in [0.15, 0.2) is 0 Å². The molecule has 2 N–H and O–H groups in total. The summed E-state index contributed by atoms with van der Waals surface area (Å²) in [5, 5.41) is 16.3. The van der Waals surface area contributed by atoms with E-state index in [4.69, 9.17) is 4.74 Å². The highest BCUT2D eigenvalue weighted by atomic mass is 32.1. The molecule has 1 aromatic carbocycles. The topological polar surface area (TPSA) is 71.5 Å². The molecule has 0 spiro atoms. The Morgan fingerprint density at radius 2 is 1.70 bits per heavy atom. The maximum Gasteiger partial charge on any atom is 0.407 e. The van der Waals surface area contributed by atoms with E-state index >= 15 is 0 Å². The molecule has 1 heterocycles. The number of alkyl carbamates (subject to hydrolysis) is 1. The van der Waals surface area contributed by atoms with Gasteiger partial charge in [-0.3, -0.25) is 0 Å². The molecule has 0 saturated heterocycles. The fourth-order valence-corrected chi connectivity index (χ4v) is 3.52. The number of hydrogen-bond donors (Lipinski definition) is 2. The Bertz CT molecular complexity index is 779. The van der Waals surface area contributed by atoms with E-state index in [1.807, 2.05) is 17.5 Å². The van der Waals surface area contributed by atoms with E-state index in [0.29, 0.717) is 18.9 Å². The molecular weight excluding hydrogens is 360 g/mol. The first-order valence-corrected chi connectivity index (χ1v) is 10.0. The minimum atomic E-state index is -0.441. The lowest BCUT2D eigenvalue weighted by molar-refractivity contribution is 0.151. The second-order valence-corrected chi connectivity index (χ2v) is 9.56. The van der Waals surface area contributed by atoms with Crippen LogP contribution in [0.25, 0.3) is 11.3 Å². The van der Waals surface area contributed by atoms with Crippen LogP contribution in [0.15, 0.2) is 17.5 Å². The number of carbonyl (C=O) groups excluding carboxylic acids is 1. The second kappa shape index (κ2) is 7.89. The predicted octanol–water partition coefficient (Wildman–Crippen LogP) is 5.36. The van der Waals surface area contributed by atoms with Gasteiger partial charge in [-0.2, -0.15) is 0 Å². The molecular formula is C21H30N2O3S. The second-order valence-electron chi connectivity index (χ2n) is 8.62. The van der Waals surface area contributed by atoms with Crippen LogP contribution in [-0.4, -0.2) is 22.8 Å².